The Balaban J connectivity index is 1.04. The summed E-state index contributed by atoms with van der Waals surface area (Å²) in [7, 11) is 0. The van der Waals surface area contributed by atoms with Gasteiger partial charge in [-0.2, -0.15) is 0 Å². The highest BCUT2D eigenvalue weighted by Gasteiger charge is 2.29. The van der Waals surface area contributed by atoms with E-state index in [0.717, 1.165) is 70.2 Å². The van der Waals surface area contributed by atoms with E-state index in [9.17, 15) is 19.2 Å². The van der Waals surface area contributed by atoms with Crippen LogP contribution in [0.25, 0.3) is 0 Å². The fourth-order valence-electron chi connectivity index (χ4n) is 5.37. The molecule has 2 aromatic rings. The lowest BCUT2D eigenvalue weighted by Gasteiger charge is -2.39. The molecule has 0 radical (unpaired) electrons. The molecule has 3 aliphatic rings. The Bertz CT molecular complexity index is 1200. The normalized spacial score (nSPS) is 21.0. The van der Waals surface area contributed by atoms with E-state index in [1.807, 2.05) is 6.07 Å². The molecule has 206 valence electrons. The number of carboxylic acids is 1. The number of imide groups is 1. The predicted octanol–water partition coefficient (Wildman–Crippen LogP) is 0.748. The second-order valence-corrected chi connectivity index (χ2v) is 10.3. The monoisotopic (exact) mass is 535 g/mol. The van der Waals surface area contributed by atoms with Crippen LogP contribution < -0.4 is 20.4 Å². The van der Waals surface area contributed by atoms with E-state index in [4.69, 9.17) is 5.11 Å². The van der Waals surface area contributed by atoms with E-state index in [2.05, 4.69) is 35.3 Å². The van der Waals surface area contributed by atoms with Crippen molar-refractivity contribution in [1.82, 2.24) is 25.5 Å². The van der Waals surface area contributed by atoms with Gasteiger partial charge in [-0.05, 0) is 49.4 Å². The smallest absolute Gasteiger partial charge is 0.337 e. The Kier molecular flexibility index (Phi) is 8.01. The molecule has 12 nitrogen and oxygen atoms in total. The summed E-state index contributed by atoms with van der Waals surface area (Å²) in [5, 5.41) is 13.9. The zero-order chi connectivity index (χ0) is 27.4. The summed E-state index contributed by atoms with van der Waals surface area (Å²) >= 11 is 0. The van der Waals surface area contributed by atoms with Crippen molar-refractivity contribution in [3.8, 4) is 0 Å². The van der Waals surface area contributed by atoms with Crippen molar-refractivity contribution < 1.29 is 24.3 Å². The van der Waals surface area contributed by atoms with Gasteiger partial charge < -0.3 is 20.2 Å². The van der Waals surface area contributed by atoms with Crippen molar-refractivity contribution in [2.45, 2.75) is 31.7 Å². The number of nitrogens with one attached hydrogen (secondary N) is 2. The second-order valence-electron chi connectivity index (χ2n) is 10.3. The van der Waals surface area contributed by atoms with Gasteiger partial charge >= 0.3 is 5.97 Å². The standard InChI is InChI=1S/C27H33N7O5/c35-24-6-4-22(26(37)31-24)30-25(36)21-3-2-20(16-28-21)33-13-11-32(12-14-33)17-18-7-9-34(10-8-18)23-5-1-19(15-29-23)27(38)39/h1-3,5,15-16,18,22H,4,6-14,17H2,(H,30,36)(H,38,39)(H,31,35,37)/t22-/m1/s1. The number of pyridine rings is 2. The minimum atomic E-state index is -0.962. The molecule has 3 saturated heterocycles. The van der Waals surface area contributed by atoms with Gasteiger partial charge in [0.2, 0.25) is 11.8 Å². The highest BCUT2D eigenvalue weighted by Crippen LogP contribution is 2.24. The molecule has 0 spiro atoms. The number of aromatic nitrogens is 2. The largest absolute Gasteiger partial charge is 0.478 e. The first-order chi connectivity index (χ1) is 18.9. The number of amides is 3. The number of aromatic carboxylic acids is 1. The van der Waals surface area contributed by atoms with Crippen LogP contribution in [0.4, 0.5) is 11.5 Å². The molecule has 0 aromatic carbocycles. The Labute approximate surface area is 226 Å². The lowest BCUT2D eigenvalue weighted by atomic mass is 9.96. The van der Waals surface area contributed by atoms with Gasteiger partial charge in [0.15, 0.2) is 0 Å². The maximum Gasteiger partial charge on any atom is 0.337 e. The molecule has 5 rings (SSSR count). The summed E-state index contributed by atoms with van der Waals surface area (Å²) in [4.78, 5) is 62.4. The molecule has 0 aliphatic carbocycles. The molecule has 39 heavy (non-hydrogen) atoms. The van der Waals surface area contributed by atoms with Gasteiger partial charge in [-0.3, -0.25) is 24.6 Å². The molecule has 12 heteroatoms. The van der Waals surface area contributed by atoms with Crippen LogP contribution in [0.3, 0.4) is 0 Å². The molecule has 1 atom stereocenters. The van der Waals surface area contributed by atoms with Crippen LogP contribution in [0, 0.1) is 5.92 Å². The number of nitrogens with zero attached hydrogens (tertiary/aromatic N) is 5. The van der Waals surface area contributed by atoms with Gasteiger partial charge in [-0.1, -0.05) is 0 Å². The highest BCUT2D eigenvalue weighted by atomic mass is 16.4. The van der Waals surface area contributed by atoms with Gasteiger partial charge in [-0.15, -0.1) is 0 Å². The molecular weight excluding hydrogens is 502 g/mol. The molecule has 5 heterocycles. The Morgan fingerprint density at radius 2 is 1.69 bits per heavy atom. The van der Waals surface area contributed by atoms with Crippen LogP contribution in [0.15, 0.2) is 36.7 Å². The molecule has 0 unspecified atom stereocenters. The van der Waals surface area contributed by atoms with Crippen molar-refractivity contribution in [3.63, 3.8) is 0 Å². The Morgan fingerprint density at radius 3 is 2.31 bits per heavy atom. The van der Waals surface area contributed by atoms with Crippen molar-refractivity contribution in [1.29, 1.82) is 0 Å². The van der Waals surface area contributed by atoms with Crippen molar-refractivity contribution >= 4 is 35.2 Å². The van der Waals surface area contributed by atoms with Gasteiger partial charge in [-0.25, -0.2) is 14.8 Å². The summed E-state index contributed by atoms with van der Waals surface area (Å²) in [6.07, 6.45) is 5.77. The average Bonchev–Trinajstić information content (AvgIpc) is 2.95. The van der Waals surface area contributed by atoms with Crippen molar-refractivity contribution in [2.24, 2.45) is 5.92 Å². The van der Waals surface area contributed by atoms with E-state index in [0.29, 0.717) is 5.92 Å². The molecule has 2 aromatic heterocycles. The van der Waals surface area contributed by atoms with Crippen molar-refractivity contribution in [3.05, 3.63) is 47.9 Å². The number of carbonyl (C=O) groups excluding carboxylic acids is 3. The lowest BCUT2D eigenvalue weighted by Crippen LogP contribution is -2.52. The van der Waals surface area contributed by atoms with E-state index in [1.54, 1.807) is 24.4 Å². The van der Waals surface area contributed by atoms with Crippen LogP contribution in [0.1, 0.15) is 46.5 Å². The molecule has 3 N–H and O–H groups in total. The maximum atomic E-state index is 12.5. The van der Waals surface area contributed by atoms with Crippen LogP contribution in [-0.2, 0) is 9.59 Å². The minimum absolute atomic E-state index is 0.203. The predicted molar refractivity (Wildman–Crippen MR) is 143 cm³/mol. The van der Waals surface area contributed by atoms with Crippen LogP contribution in [0.5, 0.6) is 0 Å². The SMILES string of the molecule is O=C1CC[C@@H](NC(=O)c2ccc(N3CCN(CC4CCN(c5ccc(C(=O)O)cn5)CC4)CC3)cn2)C(=O)N1. The summed E-state index contributed by atoms with van der Waals surface area (Å²) in [6, 6.07) is 6.22. The molecule has 3 amide bonds. The molecule has 3 aliphatic heterocycles. The third-order valence-electron chi connectivity index (χ3n) is 7.71. The summed E-state index contributed by atoms with van der Waals surface area (Å²) < 4.78 is 0. The van der Waals surface area contributed by atoms with Gasteiger partial charge in [0.05, 0.1) is 17.4 Å². The first-order valence-corrected chi connectivity index (χ1v) is 13.4. The summed E-state index contributed by atoms with van der Waals surface area (Å²) in [6.45, 7) is 6.56. The first kappa shape index (κ1) is 26.5. The maximum absolute atomic E-state index is 12.5. The number of piperidine rings is 2. The second kappa shape index (κ2) is 11.8. The van der Waals surface area contributed by atoms with E-state index >= 15 is 0 Å². The number of rotatable bonds is 7. The van der Waals surface area contributed by atoms with Crippen LogP contribution >= 0.6 is 0 Å². The minimum Gasteiger partial charge on any atom is -0.478 e. The number of carboxylic acid groups (broad SMARTS) is 1. The fourth-order valence-corrected chi connectivity index (χ4v) is 5.37. The lowest BCUT2D eigenvalue weighted by molar-refractivity contribution is -0.134. The first-order valence-electron chi connectivity index (χ1n) is 13.4. The summed E-state index contributed by atoms with van der Waals surface area (Å²) in [5.41, 5.74) is 1.40. The fraction of sp³-hybridized carbons (Fsp3) is 0.481. The summed E-state index contributed by atoms with van der Waals surface area (Å²) in [5.74, 6) is -0.743. The van der Waals surface area contributed by atoms with Crippen LogP contribution in [-0.4, -0.2) is 95.5 Å². The number of anilines is 2. The van der Waals surface area contributed by atoms with Gasteiger partial charge in [0, 0.05) is 58.4 Å². The number of hydrogen-bond donors (Lipinski definition) is 3. The third kappa shape index (κ3) is 6.51. The van der Waals surface area contributed by atoms with Crippen LogP contribution in [0.2, 0.25) is 0 Å². The number of hydrogen-bond acceptors (Lipinski definition) is 9. The highest BCUT2D eigenvalue weighted by molar-refractivity contribution is 6.03. The Hall–Kier alpha value is -4.06. The Morgan fingerprint density at radius 1 is 0.923 bits per heavy atom. The van der Waals surface area contributed by atoms with Crippen molar-refractivity contribution in [2.75, 3.05) is 55.6 Å². The molecular formula is C27H33N7O5. The molecule has 0 saturated carbocycles. The topological polar surface area (TPSA) is 148 Å². The van der Waals surface area contributed by atoms with E-state index in [-0.39, 0.29) is 30.0 Å². The van der Waals surface area contributed by atoms with Gasteiger partial charge in [0.1, 0.15) is 17.6 Å². The molecule has 0 bridgehead atoms. The van der Waals surface area contributed by atoms with E-state index < -0.39 is 23.8 Å². The van der Waals surface area contributed by atoms with Gasteiger partial charge in [0.25, 0.3) is 5.91 Å². The zero-order valence-corrected chi connectivity index (χ0v) is 21.7. The zero-order valence-electron chi connectivity index (χ0n) is 21.7. The molecule has 3 fully saturated rings. The number of carbonyl (C=O) groups is 4. The third-order valence-corrected chi connectivity index (χ3v) is 7.71. The van der Waals surface area contributed by atoms with E-state index in [1.165, 1.54) is 6.20 Å². The quantitative estimate of drug-likeness (QED) is 0.434. The average molecular weight is 536 g/mol. The number of piperazine rings is 1.